The quantitative estimate of drug-likeness (QED) is 0.219. The summed E-state index contributed by atoms with van der Waals surface area (Å²) >= 11 is 6.17. The molecule has 204 valence electrons. The molecule has 0 spiro atoms. The van der Waals surface area contributed by atoms with Gasteiger partial charge < -0.3 is 0 Å². The lowest BCUT2D eigenvalue weighted by Crippen LogP contribution is -2.33. The summed E-state index contributed by atoms with van der Waals surface area (Å²) in [6, 6.07) is 25.7. The third-order valence-corrected chi connectivity index (χ3v) is 10.2. The van der Waals surface area contributed by atoms with Gasteiger partial charge in [-0.2, -0.15) is 4.31 Å². The second-order valence-corrected chi connectivity index (χ2v) is 14.3. The van der Waals surface area contributed by atoms with Crippen molar-refractivity contribution in [1.29, 1.82) is 0 Å². The van der Waals surface area contributed by atoms with Gasteiger partial charge in [-0.05, 0) is 84.8 Å². The number of hydrogen-bond acceptors (Lipinski definition) is 4. The van der Waals surface area contributed by atoms with Crippen molar-refractivity contribution in [2.45, 2.75) is 43.5 Å². The van der Waals surface area contributed by atoms with Crippen LogP contribution in [0.25, 0.3) is 11.1 Å². The van der Waals surface area contributed by atoms with Crippen molar-refractivity contribution in [3.8, 4) is 11.1 Å². The van der Waals surface area contributed by atoms with Crippen LogP contribution in [0.5, 0.6) is 0 Å². The van der Waals surface area contributed by atoms with Crippen molar-refractivity contribution in [2.75, 3.05) is 12.8 Å². The number of hydrogen-bond donors (Lipinski definition) is 0. The highest BCUT2D eigenvalue weighted by Crippen LogP contribution is 2.28. The molecule has 0 radical (unpaired) electrons. The van der Waals surface area contributed by atoms with Crippen molar-refractivity contribution in [3.05, 3.63) is 118 Å². The first kappa shape index (κ1) is 29.0. The van der Waals surface area contributed by atoms with Crippen LogP contribution in [0.4, 0.5) is 0 Å². The molecule has 0 saturated heterocycles. The molecule has 4 aromatic rings. The van der Waals surface area contributed by atoms with E-state index in [0.29, 0.717) is 22.9 Å². The molecule has 8 heteroatoms. The Labute approximate surface area is 237 Å². The average Bonchev–Trinajstić information content (AvgIpc) is 2.85. The highest BCUT2D eigenvalue weighted by Gasteiger charge is 2.28. The Balaban J connectivity index is 1.64. The number of benzene rings is 4. The van der Waals surface area contributed by atoms with E-state index in [1.807, 2.05) is 75.4 Å². The predicted molar refractivity (Wildman–Crippen MR) is 158 cm³/mol. The van der Waals surface area contributed by atoms with E-state index in [2.05, 4.69) is 0 Å². The minimum absolute atomic E-state index is 0.211. The topological polar surface area (TPSA) is 71.5 Å². The first-order chi connectivity index (χ1) is 18.3. The fraction of sp³-hybridized carbons (Fsp3) is 0.226. The van der Waals surface area contributed by atoms with Gasteiger partial charge in [0.1, 0.15) is 0 Å². The molecule has 0 heterocycles. The normalized spacial score (nSPS) is 12.2. The van der Waals surface area contributed by atoms with E-state index in [9.17, 15) is 16.8 Å². The van der Waals surface area contributed by atoms with Gasteiger partial charge >= 0.3 is 0 Å². The average molecular weight is 582 g/mol. The smallest absolute Gasteiger partial charge is 0.224 e. The number of sulfone groups is 1. The highest BCUT2D eigenvalue weighted by molar-refractivity contribution is 7.90. The van der Waals surface area contributed by atoms with E-state index in [4.69, 9.17) is 11.6 Å². The molecular formula is C31H32ClNO4S2. The zero-order valence-electron chi connectivity index (χ0n) is 22.5. The van der Waals surface area contributed by atoms with Gasteiger partial charge in [-0.25, -0.2) is 16.8 Å². The predicted octanol–water partition coefficient (Wildman–Crippen LogP) is 6.77. The largest absolute Gasteiger partial charge is 0.243 e. The monoisotopic (exact) mass is 581 g/mol. The summed E-state index contributed by atoms with van der Waals surface area (Å²) in [6.07, 6.45) is 1.71. The molecule has 0 aliphatic rings. The molecule has 5 nitrogen and oxygen atoms in total. The number of aryl methyl sites for hydroxylation is 3. The molecule has 4 aromatic carbocycles. The molecule has 0 atom stereocenters. The Bertz CT molecular complexity index is 1670. The molecule has 0 fully saturated rings. The molecule has 0 aromatic heterocycles. The van der Waals surface area contributed by atoms with E-state index in [-0.39, 0.29) is 11.4 Å². The summed E-state index contributed by atoms with van der Waals surface area (Å²) in [5, 5.41) is 0.618. The minimum Gasteiger partial charge on any atom is -0.224 e. The summed E-state index contributed by atoms with van der Waals surface area (Å²) in [5.74, 6) is 0. The Kier molecular flexibility index (Phi) is 8.66. The van der Waals surface area contributed by atoms with Crippen molar-refractivity contribution in [1.82, 2.24) is 4.31 Å². The minimum atomic E-state index is -3.80. The Hall–Kier alpha value is -2.97. The maximum atomic E-state index is 14.0. The van der Waals surface area contributed by atoms with E-state index in [1.165, 1.54) is 10.6 Å². The van der Waals surface area contributed by atoms with Gasteiger partial charge in [-0.15, -0.1) is 0 Å². The number of halogens is 1. The van der Waals surface area contributed by atoms with E-state index < -0.39 is 19.9 Å². The second-order valence-electron chi connectivity index (χ2n) is 9.94. The van der Waals surface area contributed by atoms with Crippen molar-refractivity contribution in [3.63, 3.8) is 0 Å². The summed E-state index contributed by atoms with van der Waals surface area (Å²) in [5.41, 5.74) is 6.09. The fourth-order valence-electron chi connectivity index (χ4n) is 4.83. The maximum absolute atomic E-state index is 14.0. The van der Waals surface area contributed by atoms with Crippen molar-refractivity contribution in [2.24, 2.45) is 0 Å². The highest BCUT2D eigenvalue weighted by atomic mass is 35.5. The SMILES string of the molecule is Cc1cc(C)c(S(=O)(=O)N(CCc2cccc(Cl)c2)Cc2ccc(-c3ccc(S(C)(=O)=O)cc3)cc2)c(C)c1. The Morgan fingerprint density at radius 1 is 0.718 bits per heavy atom. The summed E-state index contributed by atoms with van der Waals surface area (Å²) in [4.78, 5) is 0.617. The first-order valence-corrected chi connectivity index (χ1v) is 16.3. The molecule has 0 aliphatic heterocycles. The number of sulfonamides is 1. The molecule has 0 N–H and O–H groups in total. The van der Waals surface area contributed by atoms with Gasteiger partial charge in [0.2, 0.25) is 10.0 Å². The van der Waals surface area contributed by atoms with Crippen LogP contribution in [0, 0.1) is 20.8 Å². The number of nitrogens with zero attached hydrogens (tertiary/aromatic N) is 1. The zero-order chi connectivity index (χ0) is 28.4. The van der Waals surface area contributed by atoms with Crippen LogP contribution in [0.15, 0.2) is 94.7 Å². The Morgan fingerprint density at radius 3 is 1.82 bits per heavy atom. The van der Waals surface area contributed by atoms with Gasteiger partial charge in [0, 0.05) is 24.4 Å². The summed E-state index contributed by atoms with van der Waals surface area (Å²) < 4.78 is 53.1. The van der Waals surface area contributed by atoms with Crippen molar-refractivity contribution >= 4 is 31.5 Å². The van der Waals surface area contributed by atoms with Crippen LogP contribution >= 0.6 is 11.6 Å². The lowest BCUT2D eigenvalue weighted by atomic mass is 10.0. The molecule has 39 heavy (non-hydrogen) atoms. The molecule has 0 unspecified atom stereocenters. The molecule has 0 saturated carbocycles. The first-order valence-electron chi connectivity index (χ1n) is 12.6. The van der Waals surface area contributed by atoms with E-state index in [1.54, 1.807) is 30.3 Å². The summed E-state index contributed by atoms with van der Waals surface area (Å²) in [7, 11) is -7.06. The zero-order valence-corrected chi connectivity index (χ0v) is 24.9. The molecule has 0 amide bonds. The lowest BCUT2D eigenvalue weighted by molar-refractivity contribution is 0.409. The third-order valence-electron chi connectivity index (χ3n) is 6.67. The molecule has 0 aliphatic carbocycles. The molecule has 0 bridgehead atoms. The van der Waals surface area contributed by atoms with Gasteiger partial charge in [0.15, 0.2) is 9.84 Å². The van der Waals surface area contributed by atoms with Crippen LogP contribution in [0.2, 0.25) is 5.02 Å². The number of rotatable bonds is 9. The lowest BCUT2D eigenvalue weighted by Gasteiger charge is -2.25. The molecule has 4 rings (SSSR count). The van der Waals surface area contributed by atoms with Crippen LogP contribution in [-0.4, -0.2) is 33.9 Å². The van der Waals surface area contributed by atoms with Gasteiger partial charge in [-0.1, -0.05) is 77.8 Å². The third kappa shape index (κ3) is 6.97. The van der Waals surface area contributed by atoms with Crippen LogP contribution in [0.3, 0.4) is 0 Å². The maximum Gasteiger partial charge on any atom is 0.243 e. The van der Waals surface area contributed by atoms with E-state index in [0.717, 1.165) is 38.9 Å². The van der Waals surface area contributed by atoms with Crippen molar-refractivity contribution < 1.29 is 16.8 Å². The fourth-order valence-corrected chi connectivity index (χ4v) is 7.52. The van der Waals surface area contributed by atoms with Crippen LogP contribution in [0.1, 0.15) is 27.8 Å². The van der Waals surface area contributed by atoms with E-state index >= 15 is 0 Å². The van der Waals surface area contributed by atoms with Gasteiger partial charge in [0.05, 0.1) is 9.79 Å². The van der Waals surface area contributed by atoms with Crippen LogP contribution in [-0.2, 0) is 32.8 Å². The van der Waals surface area contributed by atoms with Gasteiger partial charge in [0.25, 0.3) is 0 Å². The van der Waals surface area contributed by atoms with Gasteiger partial charge in [-0.3, -0.25) is 0 Å². The van der Waals surface area contributed by atoms with Crippen LogP contribution < -0.4 is 0 Å². The Morgan fingerprint density at radius 2 is 1.28 bits per heavy atom. The molecular weight excluding hydrogens is 550 g/mol. The second kappa shape index (κ2) is 11.6. The standard InChI is InChI=1S/C31H32ClNO4S2/c1-22-18-23(2)31(24(3)19-22)39(36,37)33(17-16-25-6-5-7-29(32)20-25)21-26-8-10-27(11-9-26)28-12-14-30(15-13-28)38(4,34)35/h5-15,18-20H,16-17,21H2,1-4H3. The summed E-state index contributed by atoms with van der Waals surface area (Å²) in [6.45, 7) is 6.15.